The van der Waals surface area contributed by atoms with Crippen LogP contribution in [0.4, 0.5) is 0 Å². The van der Waals surface area contributed by atoms with Crippen LogP contribution in [0.5, 0.6) is 5.75 Å². The van der Waals surface area contributed by atoms with E-state index in [1.807, 2.05) is 19.0 Å². The average Bonchev–Trinajstić information content (AvgIpc) is 2.66. The van der Waals surface area contributed by atoms with Crippen LogP contribution in [0.3, 0.4) is 0 Å². The molecule has 28 heavy (non-hydrogen) atoms. The Morgan fingerprint density at radius 1 is 1.25 bits per heavy atom. The van der Waals surface area contributed by atoms with Gasteiger partial charge < -0.3 is 25.4 Å². The van der Waals surface area contributed by atoms with Crippen LogP contribution in [0.25, 0.3) is 28.3 Å². The highest BCUT2D eigenvalue weighted by molar-refractivity contribution is 6.06. The Hall–Kier alpha value is -3.46. The normalized spacial score (nSPS) is 12.2. The van der Waals surface area contributed by atoms with E-state index in [1.165, 1.54) is 19.1 Å². The number of hydrogen-bond acceptors (Lipinski definition) is 7. The van der Waals surface area contributed by atoms with Crippen molar-refractivity contribution in [3.8, 4) is 5.75 Å². The van der Waals surface area contributed by atoms with E-state index >= 15 is 0 Å². The first kappa shape index (κ1) is 19.3. The molecule has 1 heterocycles. The summed E-state index contributed by atoms with van der Waals surface area (Å²) in [6, 6.07) is 2.58. The van der Waals surface area contributed by atoms with Crippen molar-refractivity contribution < 1.29 is 15.0 Å². The molecule has 0 saturated heterocycles. The van der Waals surface area contributed by atoms with Gasteiger partial charge in [0.2, 0.25) is 10.9 Å². The number of aromatic amines is 1. The number of rotatable bonds is 4. The molecular formula is C19H20N4O5. The zero-order valence-corrected chi connectivity index (χ0v) is 15.7. The Kier molecular flexibility index (Phi) is 5.02. The Morgan fingerprint density at radius 2 is 1.96 bits per heavy atom. The maximum Gasteiger partial charge on any atom is 0.253 e. The average molecular weight is 384 g/mol. The second-order valence-electron chi connectivity index (χ2n) is 6.70. The minimum Gasteiger partial charge on any atom is -0.515 e. The molecule has 146 valence electrons. The number of carbonyl (C=O) groups is 1. The fourth-order valence-electron chi connectivity index (χ4n) is 2.93. The van der Waals surface area contributed by atoms with Gasteiger partial charge in [-0.15, -0.1) is 0 Å². The molecule has 0 aliphatic heterocycles. The van der Waals surface area contributed by atoms with E-state index < -0.39 is 22.5 Å². The molecule has 9 nitrogen and oxygen atoms in total. The van der Waals surface area contributed by atoms with Crippen molar-refractivity contribution >= 4 is 34.2 Å². The summed E-state index contributed by atoms with van der Waals surface area (Å²) in [7, 11) is 3.75. The van der Waals surface area contributed by atoms with Gasteiger partial charge >= 0.3 is 0 Å². The van der Waals surface area contributed by atoms with E-state index in [4.69, 9.17) is 0 Å². The number of aromatic nitrogens is 2. The third-order valence-electron chi connectivity index (χ3n) is 4.50. The highest BCUT2D eigenvalue weighted by Gasteiger charge is 2.18. The Morgan fingerprint density at radius 3 is 2.61 bits per heavy atom. The van der Waals surface area contributed by atoms with Gasteiger partial charge in [0.1, 0.15) is 22.3 Å². The van der Waals surface area contributed by atoms with Gasteiger partial charge in [0, 0.05) is 18.7 Å². The van der Waals surface area contributed by atoms with Crippen molar-refractivity contribution in [2.75, 3.05) is 27.2 Å². The smallest absolute Gasteiger partial charge is 0.253 e. The maximum atomic E-state index is 12.6. The van der Waals surface area contributed by atoms with Crippen LogP contribution in [0, 0.1) is 6.92 Å². The Labute approximate surface area is 158 Å². The summed E-state index contributed by atoms with van der Waals surface area (Å²) in [5.41, 5.74) is -0.839. The van der Waals surface area contributed by atoms with E-state index in [9.17, 15) is 24.6 Å². The molecule has 0 radical (unpaired) electrons. The molecule has 0 unspecified atom stereocenters. The van der Waals surface area contributed by atoms with Gasteiger partial charge in [-0.2, -0.15) is 0 Å². The minimum atomic E-state index is -0.539. The minimum absolute atomic E-state index is 0.0143. The third kappa shape index (κ3) is 3.16. The number of fused-ring (bicyclic) bond motifs is 2. The standard InChI is InChI=1S/C19H20N4O5/c1-9-17(26)11(8-24)14-16(18(9)27)22-13-10(4-5-12(25)15(13)21-14)19(28)20-6-7-23(2)3/h4-5,8,22,24,26H,6-7H2,1-3H3,(H,20,28)/b11-8-. The van der Waals surface area contributed by atoms with Crippen LogP contribution < -0.4 is 21.4 Å². The number of phenols is 1. The molecule has 0 aliphatic carbocycles. The first-order chi connectivity index (χ1) is 13.3. The maximum absolute atomic E-state index is 12.6. The molecule has 4 N–H and O–H groups in total. The highest BCUT2D eigenvalue weighted by atomic mass is 16.3. The van der Waals surface area contributed by atoms with Crippen LogP contribution in [0.15, 0.2) is 21.7 Å². The molecule has 0 atom stereocenters. The van der Waals surface area contributed by atoms with Gasteiger partial charge in [-0.25, -0.2) is 4.98 Å². The number of likely N-dealkylation sites (N-methyl/N-ethyl adjacent to an activating group) is 1. The Bertz CT molecular complexity index is 1260. The Balaban J connectivity index is 2.30. The number of benzene rings is 2. The fraction of sp³-hybridized carbons (Fsp3) is 0.263. The summed E-state index contributed by atoms with van der Waals surface area (Å²) < 4.78 is 0. The van der Waals surface area contributed by atoms with Crippen LogP contribution in [-0.2, 0) is 0 Å². The zero-order valence-electron chi connectivity index (χ0n) is 15.7. The van der Waals surface area contributed by atoms with Gasteiger partial charge in [0.25, 0.3) is 5.91 Å². The van der Waals surface area contributed by atoms with Gasteiger partial charge in [-0.05, 0) is 33.2 Å². The van der Waals surface area contributed by atoms with Crippen molar-refractivity contribution in [2.45, 2.75) is 6.92 Å². The van der Waals surface area contributed by atoms with E-state index in [0.29, 0.717) is 19.4 Å². The van der Waals surface area contributed by atoms with Crippen molar-refractivity contribution in [3.05, 3.63) is 48.9 Å². The number of phenolic OH excluding ortho intramolecular Hbond substituents is 1. The van der Waals surface area contributed by atoms with Crippen molar-refractivity contribution in [1.82, 2.24) is 20.2 Å². The number of hydrogen-bond donors (Lipinski definition) is 4. The van der Waals surface area contributed by atoms with Crippen LogP contribution in [-0.4, -0.2) is 58.2 Å². The van der Waals surface area contributed by atoms with E-state index in [0.717, 1.165) is 0 Å². The van der Waals surface area contributed by atoms with E-state index in [-0.39, 0.29) is 38.4 Å². The molecule has 0 spiro atoms. The lowest BCUT2D eigenvalue weighted by atomic mass is 10.1. The summed E-state index contributed by atoms with van der Waals surface area (Å²) in [5, 5.41) is 22.3. The molecule has 1 aromatic heterocycles. The lowest BCUT2D eigenvalue weighted by molar-refractivity contribution is 0.0952. The molecule has 9 heteroatoms. The number of nitrogens with zero attached hydrogens (tertiary/aromatic N) is 2. The molecule has 0 aliphatic rings. The molecule has 0 fully saturated rings. The predicted octanol–water partition coefficient (Wildman–Crippen LogP) is -0.243. The topological polar surface area (TPSA) is 136 Å². The SMILES string of the molecule is Cc1c(O)/c(=C\O)c2nc3c(=O)ccc(C(=O)NCCN(C)C)c3[nH]c2c1=O. The lowest BCUT2D eigenvalue weighted by Crippen LogP contribution is -2.32. The molecule has 3 aromatic rings. The molecule has 1 amide bonds. The number of amides is 1. The van der Waals surface area contributed by atoms with Crippen molar-refractivity contribution in [2.24, 2.45) is 0 Å². The van der Waals surface area contributed by atoms with Crippen LogP contribution >= 0.6 is 0 Å². The zero-order chi connectivity index (χ0) is 20.6. The van der Waals surface area contributed by atoms with Crippen molar-refractivity contribution in [1.29, 1.82) is 0 Å². The first-order valence-corrected chi connectivity index (χ1v) is 8.55. The monoisotopic (exact) mass is 384 g/mol. The molecule has 3 rings (SSSR count). The quantitative estimate of drug-likeness (QED) is 0.456. The predicted molar refractivity (Wildman–Crippen MR) is 106 cm³/mol. The summed E-state index contributed by atoms with van der Waals surface area (Å²) in [6.07, 6.45) is 0.624. The highest BCUT2D eigenvalue weighted by Crippen LogP contribution is 2.17. The molecule has 2 aromatic carbocycles. The van der Waals surface area contributed by atoms with E-state index in [2.05, 4.69) is 15.3 Å². The lowest BCUT2D eigenvalue weighted by Gasteiger charge is -2.12. The van der Waals surface area contributed by atoms with Gasteiger partial charge in [0.15, 0.2) is 0 Å². The van der Waals surface area contributed by atoms with Gasteiger partial charge in [0.05, 0.1) is 22.6 Å². The number of aliphatic hydroxyl groups excluding tert-OH is 1. The van der Waals surface area contributed by atoms with E-state index in [1.54, 1.807) is 0 Å². The van der Waals surface area contributed by atoms with Crippen LogP contribution in [0.2, 0.25) is 0 Å². The summed E-state index contributed by atoms with van der Waals surface area (Å²) in [4.78, 5) is 46.3. The first-order valence-electron chi connectivity index (χ1n) is 8.55. The second kappa shape index (κ2) is 7.28. The van der Waals surface area contributed by atoms with Crippen molar-refractivity contribution in [3.63, 3.8) is 0 Å². The molecule has 0 saturated carbocycles. The summed E-state index contributed by atoms with van der Waals surface area (Å²) >= 11 is 0. The number of aromatic hydroxyl groups is 1. The largest absolute Gasteiger partial charge is 0.515 e. The summed E-state index contributed by atoms with van der Waals surface area (Å²) in [6.45, 7) is 2.44. The molecular weight excluding hydrogens is 364 g/mol. The number of carbonyl (C=O) groups excluding carboxylic acids is 1. The third-order valence-corrected chi connectivity index (χ3v) is 4.50. The van der Waals surface area contributed by atoms with Crippen LogP contribution in [0.1, 0.15) is 15.9 Å². The second-order valence-corrected chi connectivity index (χ2v) is 6.70. The molecule has 0 bridgehead atoms. The van der Waals surface area contributed by atoms with Gasteiger partial charge in [-0.1, -0.05) is 0 Å². The number of nitrogens with one attached hydrogen (secondary N) is 2. The van der Waals surface area contributed by atoms with Gasteiger partial charge in [-0.3, -0.25) is 14.4 Å². The fourth-order valence-corrected chi connectivity index (χ4v) is 2.93. The summed E-state index contributed by atoms with van der Waals surface area (Å²) in [5.74, 6) is -0.827. The number of aliphatic hydroxyl groups is 1. The number of H-pyrrole nitrogens is 1.